The number of rotatable bonds is 2. The Morgan fingerprint density at radius 1 is 1.15 bits per heavy atom. The van der Waals surface area contributed by atoms with Crippen LogP contribution in [0.5, 0.6) is 0 Å². The summed E-state index contributed by atoms with van der Waals surface area (Å²) in [5, 5.41) is 20.5. The van der Waals surface area contributed by atoms with Crippen molar-refractivity contribution in [1.82, 2.24) is 0 Å². The molecule has 5 heteroatoms. The van der Waals surface area contributed by atoms with Crippen LogP contribution in [0.4, 0.5) is 11.4 Å². The quantitative estimate of drug-likeness (QED) is 0.618. The van der Waals surface area contributed by atoms with Crippen molar-refractivity contribution in [2.75, 3.05) is 4.90 Å². The molecule has 3 rings (SSSR count). The van der Waals surface area contributed by atoms with Crippen LogP contribution in [0.2, 0.25) is 0 Å². The fraction of sp³-hybridized carbons (Fsp3) is 0.133. The van der Waals surface area contributed by atoms with Gasteiger partial charge < -0.3 is 0 Å². The Bertz CT molecular complexity index is 721. The number of benzene rings is 2. The van der Waals surface area contributed by atoms with Crippen LogP contribution in [0.25, 0.3) is 0 Å². The van der Waals surface area contributed by atoms with Crippen LogP contribution in [0.1, 0.15) is 11.1 Å². The van der Waals surface area contributed by atoms with E-state index in [2.05, 4.69) is 6.07 Å². The van der Waals surface area contributed by atoms with Crippen LogP contribution in [0.15, 0.2) is 48.5 Å². The molecule has 0 fully saturated rings. The predicted molar refractivity (Wildman–Crippen MR) is 74.2 cm³/mol. The molecule has 0 aliphatic carbocycles. The summed E-state index contributed by atoms with van der Waals surface area (Å²) >= 11 is 0. The maximum absolute atomic E-state index is 11.3. The van der Waals surface area contributed by atoms with Crippen molar-refractivity contribution >= 4 is 11.4 Å². The highest BCUT2D eigenvalue weighted by molar-refractivity contribution is 5.74. The third kappa shape index (κ3) is 1.79. The number of anilines is 2. The van der Waals surface area contributed by atoms with Crippen LogP contribution < -0.4 is 4.90 Å². The number of nitro groups is 1. The third-order valence-electron chi connectivity index (χ3n) is 3.48. The highest BCUT2D eigenvalue weighted by atomic mass is 16.6. The second kappa shape index (κ2) is 4.67. The van der Waals surface area contributed by atoms with Crippen molar-refractivity contribution in [2.45, 2.75) is 12.6 Å². The van der Waals surface area contributed by atoms with Crippen LogP contribution in [0.3, 0.4) is 0 Å². The number of hydrogen-bond acceptors (Lipinski definition) is 4. The standard InChI is InChI=1S/C15H11N3O2/c16-10-12-6-2-4-8-14(12)17-13-7-3-1-5-11(13)9-15(17)18(19)20/h1-8,15H,9H2. The highest BCUT2D eigenvalue weighted by Gasteiger charge is 2.39. The van der Waals surface area contributed by atoms with Gasteiger partial charge in [0.05, 0.1) is 23.4 Å². The zero-order chi connectivity index (χ0) is 14.1. The number of nitrogens with zero attached hydrogens (tertiary/aromatic N) is 3. The molecule has 98 valence electrons. The predicted octanol–water partition coefficient (Wildman–Crippen LogP) is 2.86. The summed E-state index contributed by atoms with van der Waals surface area (Å²) in [5.41, 5.74) is 2.76. The first-order valence-corrected chi connectivity index (χ1v) is 6.22. The van der Waals surface area contributed by atoms with E-state index in [-0.39, 0.29) is 4.92 Å². The van der Waals surface area contributed by atoms with Crippen LogP contribution in [-0.4, -0.2) is 11.1 Å². The molecule has 20 heavy (non-hydrogen) atoms. The lowest BCUT2D eigenvalue weighted by molar-refractivity contribution is -0.518. The second-order valence-electron chi connectivity index (χ2n) is 4.60. The SMILES string of the molecule is N#Cc1ccccc1N1c2ccccc2CC1[N+](=O)[O-]. The van der Waals surface area contributed by atoms with E-state index in [4.69, 9.17) is 0 Å². The summed E-state index contributed by atoms with van der Waals surface area (Å²) in [6, 6.07) is 16.5. The topological polar surface area (TPSA) is 70.2 Å². The van der Waals surface area contributed by atoms with Crippen LogP contribution in [0, 0.1) is 21.4 Å². The molecule has 0 aromatic heterocycles. The van der Waals surface area contributed by atoms with E-state index in [9.17, 15) is 15.4 Å². The minimum absolute atomic E-state index is 0.297. The van der Waals surface area contributed by atoms with Crippen molar-refractivity contribution < 1.29 is 4.92 Å². The molecule has 0 saturated heterocycles. The van der Waals surface area contributed by atoms with E-state index in [1.807, 2.05) is 24.3 Å². The maximum Gasteiger partial charge on any atom is 0.295 e. The number of para-hydroxylation sites is 2. The number of fused-ring (bicyclic) bond motifs is 1. The van der Waals surface area contributed by atoms with E-state index < -0.39 is 6.17 Å². The Balaban J connectivity index is 2.19. The van der Waals surface area contributed by atoms with Gasteiger partial charge >= 0.3 is 0 Å². The molecule has 2 aromatic rings. The Labute approximate surface area is 115 Å². The summed E-state index contributed by atoms with van der Waals surface area (Å²) in [4.78, 5) is 12.7. The summed E-state index contributed by atoms with van der Waals surface area (Å²) in [6.45, 7) is 0. The largest absolute Gasteiger partial charge is 0.295 e. The first kappa shape index (κ1) is 12.2. The van der Waals surface area contributed by atoms with Crippen molar-refractivity contribution in [2.24, 2.45) is 0 Å². The summed E-state index contributed by atoms with van der Waals surface area (Å²) in [7, 11) is 0. The number of nitriles is 1. The lowest BCUT2D eigenvalue weighted by atomic mass is 10.1. The molecule has 5 nitrogen and oxygen atoms in total. The molecule has 0 spiro atoms. The Morgan fingerprint density at radius 3 is 2.50 bits per heavy atom. The van der Waals surface area contributed by atoms with Crippen LogP contribution >= 0.6 is 0 Å². The van der Waals surface area contributed by atoms with Gasteiger partial charge in [-0.05, 0) is 23.8 Å². The molecule has 0 amide bonds. The van der Waals surface area contributed by atoms with Crippen molar-refractivity contribution in [3.63, 3.8) is 0 Å². The van der Waals surface area contributed by atoms with Gasteiger partial charge in [0.15, 0.2) is 0 Å². The summed E-state index contributed by atoms with van der Waals surface area (Å²) in [6.07, 6.45) is -0.509. The molecule has 0 N–H and O–H groups in total. The van der Waals surface area contributed by atoms with E-state index in [0.717, 1.165) is 11.3 Å². The zero-order valence-corrected chi connectivity index (χ0v) is 10.6. The fourth-order valence-corrected chi connectivity index (χ4v) is 2.60. The van der Waals surface area contributed by atoms with Crippen molar-refractivity contribution in [3.05, 3.63) is 69.8 Å². The average molecular weight is 265 g/mol. The molecule has 0 radical (unpaired) electrons. The van der Waals surface area contributed by atoms with E-state index in [1.165, 1.54) is 0 Å². The molecule has 1 aliphatic heterocycles. The first-order chi connectivity index (χ1) is 9.72. The average Bonchev–Trinajstić information content (AvgIpc) is 2.86. The van der Waals surface area contributed by atoms with Crippen molar-refractivity contribution in [3.8, 4) is 6.07 Å². The number of hydrogen-bond donors (Lipinski definition) is 0. The molecule has 1 heterocycles. The van der Waals surface area contributed by atoms with Gasteiger partial charge in [-0.25, -0.2) is 0 Å². The molecule has 1 unspecified atom stereocenters. The molecule has 2 aromatic carbocycles. The molecule has 1 aliphatic rings. The Kier molecular flexibility index (Phi) is 2.84. The van der Waals surface area contributed by atoms with Crippen LogP contribution in [-0.2, 0) is 6.42 Å². The van der Waals surface area contributed by atoms with Gasteiger partial charge in [0, 0.05) is 4.92 Å². The Hall–Kier alpha value is -2.87. The maximum atomic E-state index is 11.3. The summed E-state index contributed by atoms with van der Waals surface area (Å²) in [5.74, 6) is 0. The van der Waals surface area contributed by atoms with Gasteiger partial charge in [-0.2, -0.15) is 5.26 Å². The van der Waals surface area contributed by atoms with Gasteiger partial charge in [-0.15, -0.1) is 0 Å². The normalized spacial score (nSPS) is 16.6. The van der Waals surface area contributed by atoms with Gasteiger partial charge in [0.1, 0.15) is 6.07 Å². The lowest BCUT2D eigenvalue weighted by Crippen LogP contribution is -2.35. The third-order valence-corrected chi connectivity index (χ3v) is 3.48. The summed E-state index contributed by atoms with van der Waals surface area (Å²) < 4.78 is 0. The minimum atomic E-state index is -0.859. The van der Waals surface area contributed by atoms with E-state index in [1.54, 1.807) is 29.2 Å². The highest BCUT2D eigenvalue weighted by Crippen LogP contribution is 2.39. The molecule has 0 bridgehead atoms. The lowest BCUT2D eigenvalue weighted by Gasteiger charge is -2.22. The fourth-order valence-electron chi connectivity index (χ4n) is 2.60. The molecular formula is C15H11N3O2. The zero-order valence-electron chi connectivity index (χ0n) is 10.6. The van der Waals surface area contributed by atoms with Gasteiger partial charge in [-0.3, -0.25) is 15.0 Å². The Morgan fingerprint density at radius 2 is 1.80 bits per heavy atom. The van der Waals surface area contributed by atoms with Gasteiger partial charge in [0.25, 0.3) is 6.17 Å². The molecule has 0 saturated carbocycles. The smallest absolute Gasteiger partial charge is 0.277 e. The molecular weight excluding hydrogens is 254 g/mol. The minimum Gasteiger partial charge on any atom is -0.277 e. The van der Waals surface area contributed by atoms with Gasteiger partial charge in [0.2, 0.25) is 0 Å². The second-order valence-corrected chi connectivity index (χ2v) is 4.60. The molecule has 1 atom stereocenters. The van der Waals surface area contributed by atoms with E-state index in [0.29, 0.717) is 17.7 Å². The van der Waals surface area contributed by atoms with E-state index >= 15 is 0 Å². The first-order valence-electron chi connectivity index (χ1n) is 6.22. The van der Waals surface area contributed by atoms with Gasteiger partial charge in [-0.1, -0.05) is 30.3 Å². The van der Waals surface area contributed by atoms with Crippen molar-refractivity contribution in [1.29, 1.82) is 5.26 Å². The monoisotopic (exact) mass is 265 g/mol.